The summed E-state index contributed by atoms with van der Waals surface area (Å²) in [6, 6.07) is 16.7. The molecule has 128 valence electrons. The van der Waals surface area contributed by atoms with Crippen molar-refractivity contribution in [2.24, 2.45) is 0 Å². The number of amides is 1. The lowest BCUT2D eigenvalue weighted by Gasteiger charge is -2.23. The zero-order valence-electron chi connectivity index (χ0n) is 13.8. The van der Waals surface area contributed by atoms with Crippen LogP contribution in [0.4, 0.5) is 5.69 Å². The second kappa shape index (κ2) is 6.76. The minimum atomic E-state index is -0.869. The van der Waals surface area contributed by atoms with Crippen LogP contribution in [0.25, 0.3) is 11.4 Å². The Balaban J connectivity index is 1.46. The van der Waals surface area contributed by atoms with Crippen molar-refractivity contribution in [3.63, 3.8) is 0 Å². The number of anilines is 1. The molecule has 0 saturated heterocycles. The molecule has 3 aromatic rings. The Kier molecular flexibility index (Phi) is 4.15. The normalized spacial score (nSPS) is 15.7. The summed E-state index contributed by atoms with van der Waals surface area (Å²) >= 11 is 0. The summed E-state index contributed by atoms with van der Waals surface area (Å²) in [6.45, 7) is 0. The quantitative estimate of drug-likeness (QED) is 0.738. The van der Waals surface area contributed by atoms with Gasteiger partial charge in [-0.2, -0.15) is 0 Å². The van der Waals surface area contributed by atoms with Gasteiger partial charge in [0.15, 0.2) is 11.9 Å². The predicted octanol–water partition coefficient (Wildman–Crippen LogP) is 2.86. The summed E-state index contributed by atoms with van der Waals surface area (Å²) in [5.41, 5.74) is 2.65. The number of carbonyl (C=O) groups is 2. The number of aromatic nitrogens is 2. The molecule has 1 N–H and O–H groups in total. The average Bonchev–Trinajstić information content (AvgIpc) is 2.69. The summed E-state index contributed by atoms with van der Waals surface area (Å²) < 4.78 is 5.25. The lowest BCUT2D eigenvalue weighted by atomic mass is 9.98. The van der Waals surface area contributed by atoms with Gasteiger partial charge in [-0.3, -0.25) is 4.79 Å². The van der Waals surface area contributed by atoms with Gasteiger partial charge in [-0.25, -0.2) is 14.8 Å². The van der Waals surface area contributed by atoms with E-state index in [9.17, 15) is 9.59 Å². The van der Waals surface area contributed by atoms with Crippen LogP contribution in [0.3, 0.4) is 0 Å². The Morgan fingerprint density at radius 3 is 2.46 bits per heavy atom. The fraction of sp³-hybridized carbons (Fsp3) is 0.100. The molecule has 2 heterocycles. The number of nitrogens with zero attached hydrogens (tertiary/aromatic N) is 2. The van der Waals surface area contributed by atoms with Crippen LogP contribution in [0, 0.1) is 0 Å². The second-order valence-electron chi connectivity index (χ2n) is 5.91. The maximum absolute atomic E-state index is 12.4. The zero-order valence-corrected chi connectivity index (χ0v) is 13.8. The van der Waals surface area contributed by atoms with Gasteiger partial charge < -0.3 is 10.1 Å². The number of ether oxygens (including phenoxy) is 1. The van der Waals surface area contributed by atoms with Gasteiger partial charge in [0.1, 0.15) is 0 Å². The molecule has 0 bridgehead atoms. The van der Waals surface area contributed by atoms with Crippen LogP contribution in [0.1, 0.15) is 15.9 Å². The molecule has 0 unspecified atom stereocenters. The SMILES string of the molecule is O=C1O[C@H](C(=O)Nc2cnc(-c3ccccc3)nc2)Cc2ccccc21. The molecular formula is C20H15N3O3. The smallest absolute Gasteiger partial charge is 0.339 e. The minimum Gasteiger partial charge on any atom is -0.448 e. The van der Waals surface area contributed by atoms with Crippen LogP contribution >= 0.6 is 0 Å². The first kappa shape index (κ1) is 16.0. The number of carbonyl (C=O) groups excluding carboxylic acids is 2. The van der Waals surface area contributed by atoms with Crippen molar-refractivity contribution in [1.29, 1.82) is 0 Å². The van der Waals surface area contributed by atoms with E-state index in [1.54, 1.807) is 12.1 Å². The summed E-state index contributed by atoms with van der Waals surface area (Å²) in [6.07, 6.45) is 2.54. The van der Waals surface area contributed by atoms with E-state index in [1.165, 1.54) is 12.4 Å². The number of esters is 1. The maximum atomic E-state index is 12.4. The molecule has 0 aliphatic carbocycles. The highest BCUT2D eigenvalue weighted by molar-refractivity contribution is 5.99. The molecule has 4 rings (SSSR count). The summed E-state index contributed by atoms with van der Waals surface area (Å²) in [4.78, 5) is 33.0. The molecule has 1 amide bonds. The zero-order chi connectivity index (χ0) is 17.9. The lowest BCUT2D eigenvalue weighted by molar-refractivity contribution is -0.125. The van der Waals surface area contributed by atoms with Crippen molar-refractivity contribution in [2.45, 2.75) is 12.5 Å². The average molecular weight is 345 g/mol. The van der Waals surface area contributed by atoms with E-state index in [0.29, 0.717) is 23.5 Å². The summed E-state index contributed by atoms with van der Waals surface area (Å²) in [7, 11) is 0. The fourth-order valence-corrected chi connectivity index (χ4v) is 2.83. The van der Waals surface area contributed by atoms with E-state index in [0.717, 1.165) is 11.1 Å². The van der Waals surface area contributed by atoms with Crippen molar-refractivity contribution >= 4 is 17.6 Å². The van der Waals surface area contributed by atoms with E-state index in [4.69, 9.17) is 4.74 Å². The topological polar surface area (TPSA) is 81.2 Å². The summed E-state index contributed by atoms with van der Waals surface area (Å²) in [5.74, 6) is -0.312. The van der Waals surface area contributed by atoms with E-state index in [2.05, 4.69) is 15.3 Å². The van der Waals surface area contributed by atoms with Gasteiger partial charge in [0.2, 0.25) is 0 Å². The molecule has 1 atom stereocenters. The Morgan fingerprint density at radius 2 is 1.69 bits per heavy atom. The van der Waals surface area contributed by atoms with E-state index < -0.39 is 18.0 Å². The number of hydrogen-bond donors (Lipinski definition) is 1. The van der Waals surface area contributed by atoms with Gasteiger partial charge in [-0.05, 0) is 11.6 Å². The molecule has 0 radical (unpaired) electrons. The predicted molar refractivity (Wildman–Crippen MR) is 95.4 cm³/mol. The number of benzene rings is 2. The van der Waals surface area contributed by atoms with Crippen molar-refractivity contribution in [3.8, 4) is 11.4 Å². The van der Waals surface area contributed by atoms with Gasteiger partial charge >= 0.3 is 5.97 Å². The van der Waals surface area contributed by atoms with Gasteiger partial charge in [0, 0.05) is 12.0 Å². The van der Waals surface area contributed by atoms with Crippen molar-refractivity contribution in [1.82, 2.24) is 9.97 Å². The van der Waals surface area contributed by atoms with Crippen LogP contribution in [0.15, 0.2) is 67.0 Å². The fourth-order valence-electron chi connectivity index (χ4n) is 2.83. The van der Waals surface area contributed by atoms with Gasteiger partial charge in [-0.1, -0.05) is 48.5 Å². The van der Waals surface area contributed by atoms with Crippen LogP contribution in [-0.4, -0.2) is 27.9 Å². The largest absolute Gasteiger partial charge is 0.448 e. The van der Waals surface area contributed by atoms with Crippen LogP contribution in [-0.2, 0) is 16.0 Å². The van der Waals surface area contributed by atoms with E-state index >= 15 is 0 Å². The number of rotatable bonds is 3. The van der Waals surface area contributed by atoms with Crippen LogP contribution < -0.4 is 5.32 Å². The van der Waals surface area contributed by atoms with Crippen molar-refractivity contribution in [3.05, 3.63) is 78.1 Å². The van der Waals surface area contributed by atoms with Crippen molar-refractivity contribution < 1.29 is 14.3 Å². The first-order valence-corrected chi connectivity index (χ1v) is 8.18. The number of cyclic esters (lactones) is 1. The first-order valence-electron chi connectivity index (χ1n) is 8.18. The molecular weight excluding hydrogens is 330 g/mol. The molecule has 6 heteroatoms. The Hall–Kier alpha value is -3.54. The third-order valence-electron chi connectivity index (χ3n) is 4.14. The Bertz CT molecular complexity index is 956. The molecule has 0 fully saturated rings. The first-order chi connectivity index (χ1) is 12.7. The molecule has 1 aliphatic rings. The number of hydrogen-bond acceptors (Lipinski definition) is 5. The highest BCUT2D eigenvalue weighted by Gasteiger charge is 2.31. The molecule has 1 aromatic heterocycles. The molecule has 2 aromatic carbocycles. The number of fused-ring (bicyclic) bond motifs is 1. The standard InChI is InChI=1S/C20H15N3O3/c24-19(17-10-14-8-4-5-9-16(14)20(25)26-17)23-15-11-21-18(22-12-15)13-6-2-1-3-7-13/h1-9,11-12,17H,10H2,(H,23,24)/t17-/m0/s1. The third kappa shape index (κ3) is 3.17. The molecule has 6 nitrogen and oxygen atoms in total. The van der Waals surface area contributed by atoms with Crippen molar-refractivity contribution in [2.75, 3.05) is 5.32 Å². The van der Waals surface area contributed by atoms with Crippen LogP contribution in [0.5, 0.6) is 0 Å². The lowest BCUT2D eigenvalue weighted by Crippen LogP contribution is -2.38. The molecule has 0 saturated carbocycles. The highest BCUT2D eigenvalue weighted by Crippen LogP contribution is 2.21. The summed E-state index contributed by atoms with van der Waals surface area (Å²) in [5, 5.41) is 2.70. The van der Waals surface area contributed by atoms with Gasteiger partial charge in [0.25, 0.3) is 5.91 Å². The highest BCUT2D eigenvalue weighted by atomic mass is 16.5. The Labute approximate surface area is 149 Å². The third-order valence-corrected chi connectivity index (χ3v) is 4.14. The second-order valence-corrected chi connectivity index (χ2v) is 5.91. The molecule has 26 heavy (non-hydrogen) atoms. The van der Waals surface area contributed by atoms with Crippen LogP contribution in [0.2, 0.25) is 0 Å². The Morgan fingerprint density at radius 1 is 1.00 bits per heavy atom. The van der Waals surface area contributed by atoms with Gasteiger partial charge in [0.05, 0.1) is 23.6 Å². The maximum Gasteiger partial charge on any atom is 0.339 e. The monoisotopic (exact) mass is 345 g/mol. The minimum absolute atomic E-state index is 0.344. The van der Waals surface area contributed by atoms with E-state index in [1.807, 2.05) is 42.5 Å². The molecule has 0 spiro atoms. The van der Waals surface area contributed by atoms with Gasteiger partial charge in [-0.15, -0.1) is 0 Å². The molecule has 1 aliphatic heterocycles. The van der Waals surface area contributed by atoms with E-state index in [-0.39, 0.29) is 0 Å². The number of nitrogens with one attached hydrogen (secondary N) is 1.